The third kappa shape index (κ3) is 3.77. The molecule has 2 aromatic rings. The van der Waals surface area contributed by atoms with Gasteiger partial charge in [0.25, 0.3) is 5.91 Å². The molecule has 0 bridgehead atoms. The van der Waals surface area contributed by atoms with Gasteiger partial charge in [-0.3, -0.25) is 9.48 Å². The van der Waals surface area contributed by atoms with Crippen LogP contribution in [0.3, 0.4) is 0 Å². The SMILES string of the molecule is Cc1c(C(=O)NC(CC2CC2)c2cc(F)cc(Br)c2)nnn1C. The van der Waals surface area contributed by atoms with Gasteiger partial charge >= 0.3 is 0 Å². The molecule has 23 heavy (non-hydrogen) atoms. The summed E-state index contributed by atoms with van der Waals surface area (Å²) in [6.07, 6.45) is 3.13. The van der Waals surface area contributed by atoms with Crippen LogP contribution in [-0.2, 0) is 7.05 Å². The number of carbonyl (C=O) groups is 1. The summed E-state index contributed by atoms with van der Waals surface area (Å²) in [4.78, 5) is 12.5. The van der Waals surface area contributed by atoms with Crippen molar-refractivity contribution < 1.29 is 9.18 Å². The standard InChI is InChI=1S/C16H18BrFN4O/c1-9-15(20-21-22(9)2)16(23)19-14(5-10-3-4-10)11-6-12(17)8-13(18)7-11/h6-8,10,14H,3-5H2,1-2H3,(H,19,23). The Labute approximate surface area is 142 Å². The molecule has 1 aliphatic rings. The van der Waals surface area contributed by atoms with Crippen molar-refractivity contribution >= 4 is 21.8 Å². The predicted molar refractivity (Wildman–Crippen MR) is 87.4 cm³/mol. The Morgan fingerprint density at radius 1 is 1.48 bits per heavy atom. The molecule has 1 fully saturated rings. The topological polar surface area (TPSA) is 59.8 Å². The molecule has 1 atom stereocenters. The molecular formula is C16H18BrFN4O. The van der Waals surface area contributed by atoms with Crippen LogP contribution in [-0.4, -0.2) is 20.9 Å². The summed E-state index contributed by atoms with van der Waals surface area (Å²) in [5.41, 5.74) is 1.77. The van der Waals surface area contributed by atoms with Crippen molar-refractivity contribution in [2.75, 3.05) is 0 Å². The summed E-state index contributed by atoms with van der Waals surface area (Å²) >= 11 is 3.31. The normalized spacial score (nSPS) is 15.5. The first-order valence-electron chi connectivity index (χ1n) is 7.57. The first-order valence-corrected chi connectivity index (χ1v) is 8.36. The second kappa shape index (κ2) is 6.39. The number of halogens is 2. The van der Waals surface area contributed by atoms with Gasteiger partial charge in [-0.25, -0.2) is 4.39 Å². The number of aryl methyl sites for hydroxylation is 1. The molecule has 1 heterocycles. The van der Waals surface area contributed by atoms with E-state index in [2.05, 4.69) is 31.6 Å². The minimum atomic E-state index is -0.319. The molecule has 0 aliphatic heterocycles. The van der Waals surface area contributed by atoms with Crippen molar-refractivity contribution in [2.45, 2.75) is 32.2 Å². The number of benzene rings is 1. The smallest absolute Gasteiger partial charge is 0.274 e. The maximum absolute atomic E-state index is 13.7. The van der Waals surface area contributed by atoms with E-state index in [4.69, 9.17) is 0 Å². The fourth-order valence-electron chi connectivity index (χ4n) is 2.58. The number of rotatable bonds is 5. The van der Waals surface area contributed by atoms with E-state index in [1.54, 1.807) is 18.7 Å². The molecule has 1 aromatic carbocycles. The summed E-state index contributed by atoms with van der Waals surface area (Å²) < 4.78 is 15.9. The van der Waals surface area contributed by atoms with Crippen LogP contribution in [0.2, 0.25) is 0 Å². The number of carbonyl (C=O) groups excluding carboxylic acids is 1. The highest BCUT2D eigenvalue weighted by molar-refractivity contribution is 9.10. The lowest BCUT2D eigenvalue weighted by molar-refractivity contribution is 0.0927. The quantitative estimate of drug-likeness (QED) is 0.865. The van der Waals surface area contributed by atoms with Crippen LogP contribution in [0.1, 0.15) is 47.1 Å². The number of hydrogen-bond acceptors (Lipinski definition) is 3. The van der Waals surface area contributed by atoms with Gasteiger partial charge in [-0.1, -0.05) is 34.0 Å². The minimum Gasteiger partial charge on any atom is -0.344 e. The number of hydrogen-bond donors (Lipinski definition) is 1. The van der Waals surface area contributed by atoms with E-state index >= 15 is 0 Å². The monoisotopic (exact) mass is 380 g/mol. The molecule has 1 saturated carbocycles. The Bertz CT molecular complexity index is 721. The van der Waals surface area contributed by atoms with E-state index in [9.17, 15) is 9.18 Å². The zero-order valence-electron chi connectivity index (χ0n) is 13.0. The Kier molecular flexibility index (Phi) is 4.48. The second-order valence-electron chi connectivity index (χ2n) is 6.05. The van der Waals surface area contributed by atoms with Crippen LogP contribution >= 0.6 is 15.9 Å². The molecule has 3 rings (SSSR count). The van der Waals surface area contributed by atoms with E-state index in [1.165, 1.54) is 12.1 Å². The maximum atomic E-state index is 13.7. The average Bonchev–Trinajstić information content (AvgIpc) is 3.23. The molecule has 1 unspecified atom stereocenters. The summed E-state index contributed by atoms with van der Waals surface area (Å²) in [5, 5.41) is 10.8. The largest absolute Gasteiger partial charge is 0.344 e. The number of nitrogens with zero attached hydrogens (tertiary/aromatic N) is 3. The van der Waals surface area contributed by atoms with Gasteiger partial charge in [0, 0.05) is 11.5 Å². The summed E-state index contributed by atoms with van der Waals surface area (Å²) in [6, 6.07) is 4.50. The summed E-state index contributed by atoms with van der Waals surface area (Å²) in [5.74, 6) is -0.00737. The average molecular weight is 381 g/mol. The fraction of sp³-hybridized carbons (Fsp3) is 0.438. The molecule has 5 nitrogen and oxygen atoms in total. The van der Waals surface area contributed by atoms with Crippen LogP contribution < -0.4 is 5.32 Å². The highest BCUT2D eigenvalue weighted by atomic mass is 79.9. The third-order valence-corrected chi connectivity index (χ3v) is 4.64. The van der Waals surface area contributed by atoms with E-state index in [0.717, 1.165) is 24.8 Å². The molecular weight excluding hydrogens is 363 g/mol. The molecule has 1 aromatic heterocycles. The second-order valence-corrected chi connectivity index (χ2v) is 6.97. The van der Waals surface area contributed by atoms with Gasteiger partial charge in [0.05, 0.1) is 11.7 Å². The Morgan fingerprint density at radius 3 is 2.78 bits per heavy atom. The zero-order valence-corrected chi connectivity index (χ0v) is 14.6. The van der Waals surface area contributed by atoms with Crippen molar-refractivity contribution in [1.82, 2.24) is 20.3 Å². The van der Waals surface area contributed by atoms with Crippen molar-refractivity contribution in [3.63, 3.8) is 0 Å². The van der Waals surface area contributed by atoms with E-state index in [-0.39, 0.29) is 17.8 Å². The van der Waals surface area contributed by atoms with Crippen molar-refractivity contribution in [3.05, 3.63) is 45.4 Å². The van der Waals surface area contributed by atoms with Crippen LogP contribution in [0, 0.1) is 18.7 Å². The van der Waals surface area contributed by atoms with Crippen molar-refractivity contribution in [2.24, 2.45) is 13.0 Å². The van der Waals surface area contributed by atoms with Crippen LogP contribution in [0.25, 0.3) is 0 Å². The van der Waals surface area contributed by atoms with Gasteiger partial charge in [0.2, 0.25) is 0 Å². The van der Waals surface area contributed by atoms with Gasteiger partial charge < -0.3 is 5.32 Å². The lowest BCUT2D eigenvalue weighted by Gasteiger charge is -2.19. The molecule has 122 valence electrons. The van der Waals surface area contributed by atoms with Gasteiger partial charge in [-0.05, 0) is 43.0 Å². The molecule has 1 amide bonds. The molecule has 1 aliphatic carbocycles. The first kappa shape index (κ1) is 16.1. The Hall–Kier alpha value is -1.76. The van der Waals surface area contributed by atoms with E-state index in [1.807, 2.05) is 6.07 Å². The number of nitrogens with one attached hydrogen (secondary N) is 1. The van der Waals surface area contributed by atoms with Crippen LogP contribution in [0.4, 0.5) is 4.39 Å². The molecule has 0 saturated heterocycles. The van der Waals surface area contributed by atoms with Crippen molar-refractivity contribution in [1.29, 1.82) is 0 Å². The lowest BCUT2D eigenvalue weighted by Crippen LogP contribution is -2.30. The molecule has 0 spiro atoms. The van der Waals surface area contributed by atoms with Crippen LogP contribution in [0.15, 0.2) is 22.7 Å². The molecule has 0 radical (unpaired) electrons. The van der Waals surface area contributed by atoms with Gasteiger partial charge in [0.15, 0.2) is 5.69 Å². The van der Waals surface area contributed by atoms with Crippen molar-refractivity contribution in [3.8, 4) is 0 Å². The van der Waals surface area contributed by atoms with Gasteiger partial charge in [-0.2, -0.15) is 0 Å². The van der Waals surface area contributed by atoms with E-state index in [0.29, 0.717) is 21.8 Å². The summed E-state index contributed by atoms with van der Waals surface area (Å²) in [6.45, 7) is 1.80. The number of aromatic nitrogens is 3. The Morgan fingerprint density at radius 2 is 2.22 bits per heavy atom. The third-order valence-electron chi connectivity index (χ3n) is 4.18. The predicted octanol–water partition coefficient (Wildman–Crippen LogP) is 3.30. The first-order chi connectivity index (χ1) is 10.9. The highest BCUT2D eigenvalue weighted by Gasteiger charge is 2.29. The highest BCUT2D eigenvalue weighted by Crippen LogP contribution is 2.38. The zero-order chi connectivity index (χ0) is 16.6. The minimum absolute atomic E-state index is 0.233. The molecule has 7 heteroatoms. The lowest BCUT2D eigenvalue weighted by atomic mass is 10.0. The van der Waals surface area contributed by atoms with Crippen LogP contribution in [0.5, 0.6) is 0 Å². The molecule has 1 N–H and O–H groups in total. The van der Waals surface area contributed by atoms with Gasteiger partial charge in [0.1, 0.15) is 5.82 Å². The number of amides is 1. The maximum Gasteiger partial charge on any atom is 0.274 e. The van der Waals surface area contributed by atoms with Gasteiger partial charge in [-0.15, -0.1) is 5.10 Å². The fourth-order valence-corrected chi connectivity index (χ4v) is 3.07. The van der Waals surface area contributed by atoms with E-state index < -0.39 is 0 Å². The summed E-state index contributed by atoms with van der Waals surface area (Å²) in [7, 11) is 1.74. The Balaban J connectivity index is 1.84.